The Morgan fingerprint density at radius 1 is 1.00 bits per heavy atom. The van der Waals surface area contributed by atoms with Gasteiger partial charge >= 0.3 is 0 Å². The average molecular weight is 403 g/mol. The van der Waals surface area contributed by atoms with Crippen LogP contribution in [0.15, 0.2) is 53.9 Å². The molecule has 8 heteroatoms. The van der Waals surface area contributed by atoms with Gasteiger partial charge < -0.3 is 19.1 Å². The third-order valence-electron chi connectivity index (χ3n) is 4.45. The van der Waals surface area contributed by atoms with E-state index in [-0.39, 0.29) is 11.3 Å². The minimum atomic E-state index is -3.36. The number of para-hydroxylation sites is 1. The number of anilines is 1. The Morgan fingerprint density at radius 2 is 1.71 bits per heavy atom. The standard InChI is InChI=1S/C20H21NO6S/c1-25-16-9-7-14(8-10-16)21(15-11-12-28(23,24)13-15)20(22)17-5-4-6-18(26-2)19(17)27-3/h4-12,15H,13H2,1-3H3/t15-/m1/s1. The third kappa shape index (κ3) is 3.82. The van der Waals surface area contributed by atoms with E-state index in [1.54, 1.807) is 49.6 Å². The zero-order valence-corrected chi connectivity index (χ0v) is 16.6. The van der Waals surface area contributed by atoms with E-state index >= 15 is 0 Å². The summed E-state index contributed by atoms with van der Waals surface area (Å²) in [6.07, 6.45) is 1.52. The van der Waals surface area contributed by atoms with E-state index in [1.807, 2.05) is 0 Å². The number of ether oxygens (including phenoxy) is 3. The van der Waals surface area contributed by atoms with Crippen LogP contribution in [0.2, 0.25) is 0 Å². The molecule has 148 valence electrons. The first-order valence-electron chi connectivity index (χ1n) is 8.49. The molecule has 0 bridgehead atoms. The van der Waals surface area contributed by atoms with Gasteiger partial charge in [-0.25, -0.2) is 8.42 Å². The van der Waals surface area contributed by atoms with Gasteiger partial charge in [0, 0.05) is 11.1 Å². The Labute approximate surface area is 164 Å². The summed E-state index contributed by atoms with van der Waals surface area (Å²) in [5, 5.41) is 1.14. The van der Waals surface area contributed by atoms with Gasteiger partial charge in [0.1, 0.15) is 5.75 Å². The molecular formula is C20H21NO6S. The van der Waals surface area contributed by atoms with Gasteiger partial charge in [0.05, 0.1) is 38.7 Å². The van der Waals surface area contributed by atoms with Gasteiger partial charge in [0.2, 0.25) is 0 Å². The minimum absolute atomic E-state index is 0.183. The summed E-state index contributed by atoms with van der Waals surface area (Å²) < 4.78 is 39.8. The van der Waals surface area contributed by atoms with Crippen molar-refractivity contribution in [2.45, 2.75) is 6.04 Å². The molecule has 1 aliphatic rings. The van der Waals surface area contributed by atoms with E-state index in [0.717, 1.165) is 5.41 Å². The molecule has 2 aromatic carbocycles. The molecule has 0 fully saturated rings. The highest BCUT2D eigenvalue weighted by Crippen LogP contribution is 2.34. The summed E-state index contributed by atoms with van der Waals surface area (Å²) in [6.45, 7) is 0. The van der Waals surface area contributed by atoms with Crippen LogP contribution in [0.3, 0.4) is 0 Å². The van der Waals surface area contributed by atoms with Crippen LogP contribution in [0, 0.1) is 0 Å². The Balaban J connectivity index is 2.09. The van der Waals surface area contributed by atoms with Crippen LogP contribution in [0.1, 0.15) is 10.4 Å². The molecule has 3 rings (SSSR count). The van der Waals surface area contributed by atoms with Crippen molar-refractivity contribution in [3.05, 3.63) is 59.5 Å². The summed E-state index contributed by atoms with van der Waals surface area (Å²) in [5.41, 5.74) is 0.817. The number of carbonyl (C=O) groups is 1. The Bertz CT molecular complexity index is 998. The summed E-state index contributed by atoms with van der Waals surface area (Å²) in [4.78, 5) is 14.9. The molecule has 1 heterocycles. The van der Waals surface area contributed by atoms with Gasteiger partial charge in [-0.15, -0.1) is 0 Å². The molecule has 1 amide bonds. The highest BCUT2D eigenvalue weighted by molar-refractivity contribution is 7.94. The molecule has 1 atom stereocenters. The molecule has 0 saturated heterocycles. The van der Waals surface area contributed by atoms with E-state index in [9.17, 15) is 13.2 Å². The van der Waals surface area contributed by atoms with Gasteiger partial charge in [0.25, 0.3) is 5.91 Å². The lowest BCUT2D eigenvalue weighted by atomic mass is 10.1. The van der Waals surface area contributed by atoms with E-state index in [4.69, 9.17) is 14.2 Å². The summed E-state index contributed by atoms with van der Waals surface area (Å²) in [5.74, 6) is 0.755. The molecule has 0 N–H and O–H groups in total. The van der Waals surface area contributed by atoms with E-state index in [1.165, 1.54) is 25.2 Å². The predicted octanol–water partition coefficient (Wildman–Crippen LogP) is 2.67. The number of rotatable bonds is 6. The second-order valence-corrected chi connectivity index (χ2v) is 8.07. The molecule has 0 saturated carbocycles. The molecule has 28 heavy (non-hydrogen) atoms. The van der Waals surface area contributed by atoms with Crippen molar-refractivity contribution in [2.75, 3.05) is 32.0 Å². The zero-order chi connectivity index (χ0) is 20.3. The lowest BCUT2D eigenvalue weighted by Gasteiger charge is -2.28. The van der Waals surface area contributed by atoms with E-state index in [2.05, 4.69) is 0 Å². The smallest absolute Gasteiger partial charge is 0.262 e. The van der Waals surface area contributed by atoms with Crippen molar-refractivity contribution in [3.8, 4) is 17.2 Å². The maximum Gasteiger partial charge on any atom is 0.262 e. The van der Waals surface area contributed by atoms with Gasteiger partial charge in [0.15, 0.2) is 21.3 Å². The van der Waals surface area contributed by atoms with Gasteiger partial charge in [-0.3, -0.25) is 4.79 Å². The molecule has 0 spiro atoms. The lowest BCUT2D eigenvalue weighted by molar-refractivity contribution is 0.0979. The third-order valence-corrected chi connectivity index (χ3v) is 5.82. The lowest BCUT2D eigenvalue weighted by Crippen LogP contribution is -2.41. The zero-order valence-electron chi connectivity index (χ0n) is 15.8. The first-order valence-corrected chi connectivity index (χ1v) is 10.2. The summed E-state index contributed by atoms with van der Waals surface area (Å²) >= 11 is 0. The Morgan fingerprint density at radius 3 is 2.25 bits per heavy atom. The molecule has 0 aliphatic carbocycles. The van der Waals surface area contributed by atoms with Crippen LogP contribution < -0.4 is 19.1 Å². The quantitative estimate of drug-likeness (QED) is 0.738. The van der Waals surface area contributed by atoms with Crippen LogP contribution in [0.4, 0.5) is 5.69 Å². The normalized spacial score (nSPS) is 17.2. The molecule has 7 nitrogen and oxygen atoms in total. The number of nitrogens with zero attached hydrogens (tertiary/aromatic N) is 1. The highest BCUT2D eigenvalue weighted by Gasteiger charge is 2.33. The van der Waals surface area contributed by atoms with Crippen molar-refractivity contribution >= 4 is 21.4 Å². The van der Waals surface area contributed by atoms with Crippen LogP contribution in [0.5, 0.6) is 17.2 Å². The van der Waals surface area contributed by atoms with E-state index < -0.39 is 21.8 Å². The van der Waals surface area contributed by atoms with Crippen LogP contribution in [0.25, 0.3) is 0 Å². The SMILES string of the molecule is COc1ccc(N(C(=O)c2cccc(OC)c2OC)[C@@H]2C=CS(=O)(=O)C2)cc1. The molecule has 1 aliphatic heterocycles. The van der Waals surface area contributed by atoms with Crippen molar-refractivity contribution in [2.24, 2.45) is 0 Å². The number of hydrogen-bond acceptors (Lipinski definition) is 6. The number of amides is 1. The predicted molar refractivity (Wildman–Crippen MR) is 106 cm³/mol. The number of carbonyl (C=O) groups excluding carboxylic acids is 1. The fraction of sp³-hybridized carbons (Fsp3) is 0.250. The second-order valence-electron chi connectivity index (χ2n) is 6.14. The topological polar surface area (TPSA) is 82.1 Å². The average Bonchev–Trinajstić information content (AvgIpc) is 3.07. The first kappa shape index (κ1) is 19.8. The van der Waals surface area contributed by atoms with Crippen LogP contribution >= 0.6 is 0 Å². The van der Waals surface area contributed by atoms with Crippen molar-refractivity contribution in [1.82, 2.24) is 0 Å². The van der Waals surface area contributed by atoms with E-state index in [0.29, 0.717) is 22.9 Å². The van der Waals surface area contributed by atoms with Crippen molar-refractivity contribution in [1.29, 1.82) is 0 Å². The van der Waals surface area contributed by atoms with Gasteiger partial charge in [-0.1, -0.05) is 6.07 Å². The fourth-order valence-electron chi connectivity index (χ4n) is 3.11. The van der Waals surface area contributed by atoms with Crippen LogP contribution in [-0.4, -0.2) is 47.4 Å². The first-order chi connectivity index (χ1) is 13.4. The van der Waals surface area contributed by atoms with Crippen molar-refractivity contribution in [3.63, 3.8) is 0 Å². The summed E-state index contributed by atoms with van der Waals surface area (Å²) in [7, 11) is 1.12. The largest absolute Gasteiger partial charge is 0.497 e. The molecule has 2 aromatic rings. The Kier molecular flexibility index (Phi) is 5.60. The molecular weight excluding hydrogens is 382 g/mol. The monoisotopic (exact) mass is 403 g/mol. The number of hydrogen-bond donors (Lipinski definition) is 0. The van der Waals surface area contributed by atoms with Gasteiger partial charge in [-0.05, 0) is 42.5 Å². The summed E-state index contributed by atoms with van der Waals surface area (Å²) in [6, 6.07) is 11.2. The maximum absolute atomic E-state index is 13.5. The highest BCUT2D eigenvalue weighted by atomic mass is 32.2. The number of sulfone groups is 1. The van der Waals surface area contributed by atoms with Crippen LogP contribution in [-0.2, 0) is 9.84 Å². The fourth-order valence-corrected chi connectivity index (χ4v) is 4.38. The molecule has 0 aromatic heterocycles. The number of benzene rings is 2. The van der Waals surface area contributed by atoms with Crippen molar-refractivity contribution < 1.29 is 27.4 Å². The van der Waals surface area contributed by atoms with Gasteiger partial charge in [-0.2, -0.15) is 0 Å². The molecule has 0 unspecified atom stereocenters. The second kappa shape index (κ2) is 7.93. The molecule has 0 radical (unpaired) electrons. The minimum Gasteiger partial charge on any atom is -0.497 e. The maximum atomic E-state index is 13.5. The number of methoxy groups -OCH3 is 3. The Hall–Kier alpha value is -3.00.